The van der Waals surface area contributed by atoms with Crippen LogP contribution >= 0.6 is 11.6 Å². The van der Waals surface area contributed by atoms with Crippen molar-refractivity contribution in [2.24, 2.45) is 0 Å². The summed E-state index contributed by atoms with van der Waals surface area (Å²) in [4.78, 5) is 12.2. The number of hydrogen-bond donors (Lipinski definition) is 1. The van der Waals surface area contributed by atoms with Crippen molar-refractivity contribution < 1.29 is 13.6 Å². The standard InChI is InChI=1S/C17H13ClFNO2/c1-10(11-2-5-14(19)6-3-11)20-17(21)16-9-12-8-13(18)4-7-15(12)22-16/h2-10H,1H3,(H,20,21). The average Bonchev–Trinajstić information content (AvgIpc) is 2.91. The molecule has 0 aliphatic carbocycles. The normalized spacial score (nSPS) is 12.3. The number of carbonyl (C=O) groups excluding carboxylic acids is 1. The van der Waals surface area contributed by atoms with Crippen molar-refractivity contribution in [2.45, 2.75) is 13.0 Å². The zero-order valence-corrected chi connectivity index (χ0v) is 12.5. The third-order valence-electron chi connectivity index (χ3n) is 3.42. The molecule has 0 radical (unpaired) electrons. The van der Waals surface area contributed by atoms with E-state index in [1.807, 2.05) is 6.92 Å². The maximum Gasteiger partial charge on any atom is 0.287 e. The third kappa shape index (κ3) is 2.97. The molecule has 112 valence electrons. The van der Waals surface area contributed by atoms with E-state index in [0.29, 0.717) is 10.6 Å². The molecule has 0 saturated heterocycles. The highest BCUT2D eigenvalue weighted by Crippen LogP contribution is 2.23. The Morgan fingerprint density at radius 3 is 2.64 bits per heavy atom. The van der Waals surface area contributed by atoms with Crippen molar-refractivity contribution >= 4 is 28.5 Å². The van der Waals surface area contributed by atoms with Gasteiger partial charge < -0.3 is 9.73 Å². The number of halogens is 2. The molecule has 0 fully saturated rings. The lowest BCUT2D eigenvalue weighted by Gasteiger charge is -2.13. The number of fused-ring (bicyclic) bond motifs is 1. The van der Waals surface area contributed by atoms with Crippen LogP contribution in [0, 0.1) is 5.82 Å². The van der Waals surface area contributed by atoms with Crippen molar-refractivity contribution in [1.82, 2.24) is 5.32 Å². The van der Waals surface area contributed by atoms with E-state index in [1.54, 1.807) is 36.4 Å². The predicted molar refractivity (Wildman–Crippen MR) is 83.5 cm³/mol. The van der Waals surface area contributed by atoms with Crippen LogP contribution in [0.3, 0.4) is 0 Å². The highest BCUT2D eigenvalue weighted by Gasteiger charge is 2.15. The second-order valence-corrected chi connectivity index (χ2v) is 5.48. The summed E-state index contributed by atoms with van der Waals surface area (Å²) in [7, 11) is 0. The molecule has 2 aromatic carbocycles. The van der Waals surface area contributed by atoms with E-state index in [-0.39, 0.29) is 23.5 Å². The second kappa shape index (κ2) is 5.81. The number of nitrogens with one attached hydrogen (secondary N) is 1. The number of amides is 1. The Labute approximate surface area is 131 Å². The van der Waals surface area contributed by atoms with Gasteiger partial charge in [0, 0.05) is 10.4 Å². The minimum atomic E-state index is -0.329. The van der Waals surface area contributed by atoms with Crippen LogP contribution in [0.5, 0.6) is 0 Å². The Morgan fingerprint density at radius 1 is 1.18 bits per heavy atom. The van der Waals surface area contributed by atoms with Crippen LogP contribution in [-0.4, -0.2) is 5.91 Å². The monoisotopic (exact) mass is 317 g/mol. The lowest BCUT2D eigenvalue weighted by molar-refractivity contribution is 0.0914. The zero-order valence-electron chi connectivity index (χ0n) is 11.8. The molecule has 3 nitrogen and oxygen atoms in total. The summed E-state index contributed by atoms with van der Waals surface area (Å²) < 4.78 is 18.4. The van der Waals surface area contributed by atoms with Gasteiger partial charge in [-0.1, -0.05) is 23.7 Å². The number of benzene rings is 2. The first kappa shape index (κ1) is 14.6. The van der Waals surface area contributed by atoms with Crippen LogP contribution in [0.4, 0.5) is 4.39 Å². The Morgan fingerprint density at radius 2 is 1.91 bits per heavy atom. The van der Waals surface area contributed by atoms with E-state index < -0.39 is 0 Å². The second-order valence-electron chi connectivity index (χ2n) is 5.04. The van der Waals surface area contributed by atoms with Crippen LogP contribution in [0.15, 0.2) is 52.9 Å². The summed E-state index contributed by atoms with van der Waals surface area (Å²) in [5, 5.41) is 4.17. The highest BCUT2D eigenvalue weighted by atomic mass is 35.5. The summed E-state index contributed by atoms with van der Waals surface area (Å²) in [6.45, 7) is 1.82. The quantitative estimate of drug-likeness (QED) is 0.759. The molecule has 1 unspecified atom stereocenters. The fourth-order valence-electron chi connectivity index (χ4n) is 2.23. The van der Waals surface area contributed by atoms with E-state index in [1.165, 1.54) is 12.1 Å². The molecule has 0 spiro atoms. The van der Waals surface area contributed by atoms with Crippen LogP contribution in [-0.2, 0) is 0 Å². The SMILES string of the molecule is CC(NC(=O)c1cc2cc(Cl)ccc2o1)c1ccc(F)cc1. The maximum atomic E-state index is 12.9. The molecule has 0 bridgehead atoms. The van der Waals surface area contributed by atoms with E-state index >= 15 is 0 Å². The van der Waals surface area contributed by atoms with Gasteiger partial charge in [-0.15, -0.1) is 0 Å². The van der Waals surface area contributed by atoms with Crippen LogP contribution in [0.2, 0.25) is 5.02 Å². The van der Waals surface area contributed by atoms with E-state index in [2.05, 4.69) is 5.32 Å². The van der Waals surface area contributed by atoms with Gasteiger partial charge in [0.1, 0.15) is 11.4 Å². The fourth-order valence-corrected chi connectivity index (χ4v) is 2.41. The summed E-state index contributed by atoms with van der Waals surface area (Å²) in [6, 6.07) is 12.5. The maximum absolute atomic E-state index is 12.9. The summed E-state index contributed by atoms with van der Waals surface area (Å²) in [5.74, 6) is -0.424. The van der Waals surface area contributed by atoms with Crippen molar-refractivity contribution in [3.63, 3.8) is 0 Å². The van der Waals surface area contributed by atoms with Crippen molar-refractivity contribution in [2.75, 3.05) is 0 Å². The van der Waals surface area contributed by atoms with Gasteiger partial charge in [-0.2, -0.15) is 0 Å². The molecule has 22 heavy (non-hydrogen) atoms. The van der Waals surface area contributed by atoms with E-state index in [9.17, 15) is 9.18 Å². The third-order valence-corrected chi connectivity index (χ3v) is 3.65. The first-order chi connectivity index (χ1) is 10.5. The minimum absolute atomic E-state index is 0.214. The number of rotatable bonds is 3. The summed E-state index contributed by atoms with van der Waals surface area (Å²) >= 11 is 5.91. The van der Waals surface area contributed by atoms with Gasteiger partial charge in [-0.3, -0.25) is 4.79 Å². The average molecular weight is 318 g/mol. The molecular formula is C17H13ClFNO2. The van der Waals surface area contributed by atoms with E-state index in [4.69, 9.17) is 16.0 Å². The Kier molecular flexibility index (Phi) is 3.86. The highest BCUT2D eigenvalue weighted by molar-refractivity contribution is 6.31. The number of carbonyl (C=O) groups is 1. The topological polar surface area (TPSA) is 42.2 Å². The summed E-state index contributed by atoms with van der Waals surface area (Å²) in [5.41, 5.74) is 1.41. The van der Waals surface area contributed by atoms with Crippen LogP contribution in [0.25, 0.3) is 11.0 Å². The molecule has 1 aromatic heterocycles. The molecule has 1 atom stereocenters. The Bertz CT molecular complexity index is 826. The van der Waals surface area contributed by atoms with Gasteiger partial charge >= 0.3 is 0 Å². The molecular weight excluding hydrogens is 305 g/mol. The van der Waals surface area contributed by atoms with Gasteiger partial charge in [-0.05, 0) is 48.9 Å². The van der Waals surface area contributed by atoms with Crippen LogP contribution < -0.4 is 5.32 Å². The van der Waals surface area contributed by atoms with Gasteiger partial charge in [-0.25, -0.2) is 4.39 Å². The van der Waals surface area contributed by atoms with Gasteiger partial charge in [0.05, 0.1) is 6.04 Å². The van der Waals surface area contributed by atoms with Gasteiger partial charge in [0.25, 0.3) is 5.91 Å². The zero-order chi connectivity index (χ0) is 15.7. The molecule has 1 N–H and O–H groups in total. The molecule has 0 aliphatic heterocycles. The molecule has 1 heterocycles. The molecule has 0 aliphatic rings. The molecule has 0 saturated carbocycles. The van der Waals surface area contributed by atoms with Crippen molar-refractivity contribution in [3.05, 3.63) is 70.7 Å². The first-order valence-electron chi connectivity index (χ1n) is 6.78. The largest absolute Gasteiger partial charge is 0.451 e. The number of hydrogen-bond acceptors (Lipinski definition) is 2. The smallest absolute Gasteiger partial charge is 0.287 e. The van der Waals surface area contributed by atoms with Crippen molar-refractivity contribution in [3.8, 4) is 0 Å². The van der Waals surface area contributed by atoms with Crippen molar-refractivity contribution in [1.29, 1.82) is 0 Å². The van der Waals surface area contributed by atoms with E-state index in [0.717, 1.165) is 10.9 Å². The minimum Gasteiger partial charge on any atom is -0.451 e. The summed E-state index contributed by atoms with van der Waals surface area (Å²) in [6.07, 6.45) is 0. The number of furan rings is 1. The van der Waals surface area contributed by atoms with Gasteiger partial charge in [0.15, 0.2) is 5.76 Å². The molecule has 3 aromatic rings. The lowest BCUT2D eigenvalue weighted by atomic mass is 10.1. The molecule has 5 heteroatoms. The Hall–Kier alpha value is -2.33. The fraction of sp³-hybridized carbons (Fsp3) is 0.118. The Balaban J connectivity index is 1.79. The van der Waals surface area contributed by atoms with Crippen LogP contribution in [0.1, 0.15) is 29.1 Å². The molecule has 1 amide bonds. The van der Waals surface area contributed by atoms with Gasteiger partial charge in [0.2, 0.25) is 0 Å². The molecule has 3 rings (SSSR count). The first-order valence-corrected chi connectivity index (χ1v) is 7.16. The lowest BCUT2D eigenvalue weighted by Crippen LogP contribution is -2.26. The predicted octanol–water partition coefficient (Wildman–Crippen LogP) is 4.72.